The predicted octanol–water partition coefficient (Wildman–Crippen LogP) is 4.93. The van der Waals surface area contributed by atoms with E-state index in [4.69, 9.17) is 0 Å². The summed E-state index contributed by atoms with van der Waals surface area (Å²) in [4.78, 5) is 12.3. The fraction of sp³-hybridized carbons (Fsp3) is 0.227. The molecule has 0 fully saturated rings. The van der Waals surface area contributed by atoms with E-state index in [0.717, 1.165) is 10.9 Å². The molecule has 1 amide bonds. The Bertz CT molecular complexity index is 1130. The summed E-state index contributed by atoms with van der Waals surface area (Å²) in [5.74, 6) is -0.105. The molecule has 0 saturated carbocycles. The Morgan fingerprint density at radius 3 is 2.00 bits per heavy atom. The fourth-order valence-electron chi connectivity index (χ4n) is 2.81. The molecule has 5 nitrogen and oxygen atoms in total. The number of hydrogen-bond donors (Lipinski definition) is 2. The number of carbonyl (C=O) groups excluding carboxylic acids is 1. The first kappa shape index (κ1) is 19.9. The normalized spacial score (nSPS) is 12.0. The van der Waals surface area contributed by atoms with Crippen LogP contribution in [0.3, 0.4) is 0 Å². The molecule has 3 rings (SSSR count). The van der Waals surface area contributed by atoms with Gasteiger partial charge in [0.05, 0.1) is 4.90 Å². The largest absolute Gasteiger partial charge is 0.326 e. The van der Waals surface area contributed by atoms with Crippen LogP contribution in [0.5, 0.6) is 0 Å². The van der Waals surface area contributed by atoms with E-state index in [1.165, 1.54) is 0 Å². The van der Waals surface area contributed by atoms with Crippen molar-refractivity contribution in [1.82, 2.24) is 0 Å². The lowest BCUT2D eigenvalue weighted by Crippen LogP contribution is -2.27. The second kappa shape index (κ2) is 7.28. The Kier molecular flexibility index (Phi) is 5.17. The molecule has 28 heavy (non-hydrogen) atoms. The Morgan fingerprint density at radius 1 is 0.821 bits per heavy atom. The van der Waals surface area contributed by atoms with E-state index < -0.39 is 15.4 Å². The highest BCUT2D eigenvalue weighted by molar-refractivity contribution is 7.93. The lowest BCUT2D eigenvalue weighted by Gasteiger charge is -2.18. The van der Waals surface area contributed by atoms with Crippen molar-refractivity contribution < 1.29 is 13.2 Å². The number of sulfonamides is 1. The smallest absolute Gasteiger partial charge is 0.262 e. The van der Waals surface area contributed by atoms with E-state index in [9.17, 15) is 13.2 Å². The average molecular weight is 397 g/mol. The zero-order valence-corrected chi connectivity index (χ0v) is 17.2. The van der Waals surface area contributed by atoms with E-state index in [1.807, 2.05) is 58.0 Å². The summed E-state index contributed by atoms with van der Waals surface area (Å²) < 4.78 is 28.5. The Labute approximate surface area is 165 Å². The summed E-state index contributed by atoms with van der Waals surface area (Å²) in [6.07, 6.45) is 0. The minimum Gasteiger partial charge on any atom is -0.326 e. The van der Waals surface area contributed by atoms with Crippen LogP contribution in [0.2, 0.25) is 0 Å². The molecular weight excluding hydrogens is 372 g/mol. The molecule has 0 heterocycles. The molecule has 3 aromatic carbocycles. The van der Waals surface area contributed by atoms with Crippen molar-refractivity contribution in [1.29, 1.82) is 0 Å². The highest BCUT2D eigenvalue weighted by Crippen LogP contribution is 2.28. The highest BCUT2D eigenvalue weighted by atomic mass is 32.2. The van der Waals surface area contributed by atoms with Gasteiger partial charge in [0.2, 0.25) is 5.91 Å². The third-order valence-corrected chi connectivity index (χ3v) is 5.91. The number of hydrogen-bond acceptors (Lipinski definition) is 3. The van der Waals surface area contributed by atoms with Crippen molar-refractivity contribution in [2.24, 2.45) is 5.41 Å². The predicted molar refractivity (Wildman–Crippen MR) is 114 cm³/mol. The summed E-state index contributed by atoms with van der Waals surface area (Å²) in [5, 5.41) is 4.41. The zero-order chi connectivity index (χ0) is 20.5. The molecule has 0 atom stereocenters. The standard InChI is InChI=1S/C22H24N2O3S/c1-15-9-14-20(19-8-6-5-7-18(15)19)28(26,27)24-17-12-10-16(11-13-17)23-21(25)22(2,3)4/h5-14,24H,1-4H3,(H,23,25). The Balaban J connectivity index is 1.86. The van der Waals surface area contributed by atoms with Gasteiger partial charge in [-0.2, -0.15) is 0 Å². The van der Waals surface area contributed by atoms with Crippen LogP contribution in [0.1, 0.15) is 26.3 Å². The Morgan fingerprint density at radius 2 is 1.39 bits per heavy atom. The summed E-state index contributed by atoms with van der Waals surface area (Å²) in [6, 6.07) is 17.5. The maximum absolute atomic E-state index is 12.9. The minimum atomic E-state index is -3.75. The molecular formula is C22H24N2O3S. The van der Waals surface area contributed by atoms with Gasteiger partial charge >= 0.3 is 0 Å². The summed E-state index contributed by atoms with van der Waals surface area (Å²) in [7, 11) is -3.75. The SMILES string of the molecule is Cc1ccc(S(=O)(=O)Nc2ccc(NC(=O)C(C)(C)C)cc2)c2ccccc12. The fourth-order valence-corrected chi connectivity index (χ4v) is 4.08. The lowest BCUT2D eigenvalue weighted by molar-refractivity contribution is -0.123. The van der Waals surface area contributed by atoms with Crippen molar-refractivity contribution >= 4 is 38.1 Å². The van der Waals surface area contributed by atoms with E-state index >= 15 is 0 Å². The first-order chi connectivity index (χ1) is 13.1. The third kappa shape index (κ3) is 4.17. The molecule has 0 radical (unpaired) electrons. The Hall–Kier alpha value is -2.86. The van der Waals surface area contributed by atoms with Gasteiger partial charge in [0.25, 0.3) is 10.0 Å². The van der Waals surface area contributed by atoms with E-state index in [-0.39, 0.29) is 10.8 Å². The number of carbonyl (C=O) groups is 1. The first-order valence-electron chi connectivity index (χ1n) is 9.01. The molecule has 0 aliphatic carbocycles. The van der Waals surface area contributed by atoms with Crippen LogP contribution >= 0.6 is 0 Å². The van der Waals surface area contributed by atoms with Gasteiger partial charge in [-0.15, -0.1) is 0 Å². The number of rotatable bonds is 4. The second-order valence-electron chi connectivity index (χ2n) is 7.81. The van der Waals surface area contributed by atoms with Gasteiger partial charge in [0.15, 0.2) is 0 Å². The van der Waals surface area contributed by atoms with Gasteiger partial charge in [0, 0.05) is 22.2 Å². The van der Waals surface area contributed by atoms with Crippen molar-refractivity contribution in [2.45, 2.75) is 32.6 Å². The van der Waals surface area contributed by atoms with Gasteiger partial charge in [-0.05, 0) is 48.2 Å². The van der Waals surface area contributed by atoms with Crippen LogP contribution in [0, 0.1) is 12.3 Å². The van der Waals surface area contributed by atoms with Gasteiger partial charge in [-0.1, -0.05) is 51.1 Å². The molecule has 0 saturated heterocycles. The summed E-state index contributed by atoms with van der Waals surface area (Å²) in [6.45, 7) is 7.45. The maximum Gasteiger partial charge on any atom is 0.262 e. The van der Waals surface area contributed by atoms with E-state index in [2.05, 4.69) is 10.0 Å². The molecule has 0 aromatic heterocycles. The summed E-state index contributed by atoms with van der Waals surface area (Å²) >= 11 is 0. The third-order valence-electron chi connectivity index (χ3n) is 4.47. The minimum absolute atomic E-state index is 0.105. The summed E-state index contributed by atoms with van der Waals surface area (Å²) in [5.41, 5.74) is 1.56. The molecule has 0 aliphatic heterocycles. The number of benzene rings is 3. The maximum atomic E-state index is 12.9. The van der Waals surface area contributed by atoms with Crippen LogP contribution in [0.4, 0.5) is 11.4 Å². The van der Waals surface area contributed by atoms with Gasteiger partial charge in [-0.25, -0.2) is 8.42 Å². The molecule has 6 heteroatoms. The van der Waals surface area contributed by atoms with Crippen molar-refractivity contribution in [3.8, 4) is 0 Å². The van der Waals surface area contributed by atoms with E-state index in [1.54, 1.807) is 30.3 Å². The van der Waals surface area contributed by atoms with Crippen LogP contribution in [0.25, 0.3) is 10.8 Å². The van der Waals surface area contributed by atoms with E-state index in [0.29, 0.717) is 16.8 Å². The molecule has 0 spiro atoms. The van der Waals surface area contributed by atoms with Crippen LogP contribution in [-0.4, -0.2) is 14.3 Å². The molecule has 0 unspecified atom stereocenters. The molecule has 3 aromatic rings. The highest BCUT2D eigenvalue weighted by Gasteiger charge is 2.21. The molecule has 2 N–H and O–H groups in total. The van der Waals surface area contributed by atoms with Crippen LogP contribution < -0.4 is 10.0 Å². The lowest BCUT2D eigenvalue weighted by atomic mass is 9.95. The molecule has 146 valence electrons. The van der Waals surface area contributed by atoms with Crippen LogP contribution in [-0.2, 0) is 14.8 Å². The topological polar surface area (TPSA) is 75.3 Å². The molecule has 0 aliphatic rings. The average Bonchev–Trinajstić information content (AvgIpc) is 2.62. The number of aryl methyl sites for hydroxylation is 1. The zero-order valence-electron chi connectivity index (χ0n) is 16.4. The monoisotopic (exact) mass is 396 g/mol. The van der Waals surface area contributed by atoms with Gasteiger partial charge < -0.3 is 5.32 Å². The van der Waals surface area contributed by atoms with Crippen LogP contribution in [0.15, 0.2) is 65.6 Å². The molecule has 0 bridgehead atoms. The van der Waals surface area contributed by atoms with Gasteiger partial charge in [-0.3, -0.25) is 9.52 Å². The second-order valence-corrected chi connectivity index (χ2v) is 9.46. The van der Waals surface area contributed by atoms with Crippen molar-refractivity contribution in [2.75, 3.05) is 10.0 Å². The first-order valence-corrected chi connectivity index (χ1v) is 10.5. The van der Waals surface area contributed by atoms with Crippen molar-refractivity contribution in [3.05, 3.63) is 66.2 Å². The number of fused-ring (bicyclic) bond motifs is 1. The number of nitrogens with one attached hydrogen (secondary N) is 2. The van der Waals surface area contributed by atoms with Crippen molar-refractivity contribution in [3.63, 3.8) is 0 Å². The quantitative estimate of drug-likeness (QED) is 0.656. The van der Waals surface area contributed by atoms with Gasteiger partial charge in [0.1, 0.15) is 0 Å². The number of amides is 1. The number of anilines is 2.